The smallest absolute Gasteiger partial charge is 0.244 e. The van der Waals surface area contributed by atoms with Crippen molar-refractivity contribution in [3.63, 3.8) is 0 Å². The van der Waals surface area contributed by atoms with Crippen molar-refractivity contribution in [2.45, 2.75) is 6.42 Å². The molecule has 0 radical (unpaired) electrons. The highest BCUT2D eigenvalue weighted by molar-refractivity contribution is 9.10. The highest BCUT2D eigenvalue weighted by Gasteiger charge is 2.08. The summed E-state index contributed by atoms with van der Waals surface area (Å²) < 4.78 is 6.74. The number of halogens is 2. The average Bonchev–Trinajstić information content (AvgIpc) is 2.52. The second kappa shape index (κ2) is 8.12. The number of nitrogens with zero attached hydrogens (tertiary/aromatic N) is 1. The van der Waals surface area contributed by atoms with Gasteiger partial charge in [0.2, 0.25) is 5.91 Å². The highest BCUT2D eigenvalue weighted by atomic mass is 79.9. The van der Waals surface area contributed by atoms with Crippen LogP contribution in [0.1, 0.15) is 11.1 Å². The van der Waals surface area contributed by atoms with E-state index in [4.69, 9.17) is 4.74 Å². The number of aromatic hydroxyl groups is 1. The van der Waals surface area contributed by atoms with Gasteiger partial charge in [-0.2, -0.15) is 5.10 Å². The number of benzene rings is 2. The minimum Gasteiger partial charge on any atom is -0.504 e. The molecule has 0 saturated carbocycles. The van der Waals surface area contributed by atoms with Gasteiger partial charge < -0.3 is 9.84 Å². The second-order valence-electron chi connectivity index (χ2n) is 4.64. The van der Waals surface area contributed by atoms with Crippen molar-refractivity contribution in [3.05, 3.63) is 56.5 Å². The number of carbonyl (C=O) groups excluding carboxylic acids is 1. The molecule has 120 valence electrons. The lowest BCUT2D eigenvalue weighted by Crippen LogP contribution is -2.19. The van der Waals surface area contributed by atoms with Crippen LogP contribution in [-0.2, 0) is 11.2 Å². The molecular weight excluding hydrogens is 428 g/mol. The van der Waals surface area contributed by atoms with E-state index in [-0.39, 0.29) is 18.1 Å². The van der Waals surface area contributed by atoms with Crippen LogP contribution in [0.2, 0.25) is 0 Å². The molecule has 0 unspecified atom stereocenters. The summed E-state index contributed by atoms with van der Waals surface area (Å²) in [6, 6.07) is 10.8. The first kappa shape index (κ1) is 17.5. The predicted octanol–water partition coefficient (Wildman–Crippen LogP) is 3.62. The molecule has 7 heteroatoms. The fourth-order valence-electron chi connectivity index (χ4n) is 1.85. The van der Waals surface area contributed by atoms with Gasteiger partial charge in [0, 0.05) is 14.5 Å². The van der Waals surface area contributed by atoms with E-state index in [0.29, 0.717) is 11.3 Å². The normalized spacial score (nSPS) is 10.7. The van der Waals surface area contributed by atoms with Crippen molar-refractivity contribution in [2.24, 2.45) is 5.10 Å². The van der Waals surface area contributed by atoms with Crippen molar-refractivity contribution in [3.8, 4) is 11.5 Å². The Hall–Kier alpha value is -1.86. The van der Waals surface area contributed by atoms with Gasteiger partial charge in [-0.15, -0.1) is 0 Å². The summed E-state index contributed by atoms with van der Waals surface area (Å²) in [5.41, 5.74) is 3.74. The standard InChI is InChI=1S/C16H14Br2N2O3/c1-23-14-8-13(18)7-11(16(14)22)9-19-20-15(21)6-10-2-4-12(17)5-3-10/h2-5,7-9,22H,6H2,1H3,(H,20,21)/b19-9+. The first-order chi connectivity index (χ1) is 11.0. The van der Waals surface area contributed by atoms with E-state index in [1.807, 2.05) is 24.3 Å². The zero-order valence-electron chi connectivity index (χ0n) is 12.2. The van der Waals surface area contributed by atoms with Crippen molar-refractivity contribution in [1.82, 2.24) is 5.43 Å². The fourth-order valence-corrected chi connectivity index (χ4v) is 2.57. The molecule has 0 aliphatic rings. The minimum atomic E-state index is -0.245. The predicted molar refractivity (Wildman–Crippen MR) is 95.9 cm³/mol. The van der Waals surface area contributed by atoms with Crippen LogP contribution in [0.4, 0.5) is 0 Å². The Kier molecular flexibility index (Phi) is 6.18. The second-order valence-corrected chi connectivity index (χ2v) is 6.47. The Morgan fingerprint density at radius 3 is 2.61 bits per heavy atom. The number of carbonyl (C=O) groups is 1. The zero-order chi connectivity index (χ0) is 16.8. The van der Waals surface area contributed by atoms with Crippen molar-refractivity contribution >= 4 is 44.0 Å². The molecule has 0 aromatic heterocycles. The summed E-state index contributed by atoms with van der Waals surface area (Å²) in [7, 11) is 1.46. The number of hydrogen-bond donors (Lipinski definition) is 2. The van der Waals surface area contributed by atoms with Gasteiger partial charge in [-0.1, -0.05) is 44.0 Å². The quantitative estimate of drug-likeness (QED) is 0.549. The molecular formula is C16H14Br2N2O3. The van der Waals surface area contributed by atoms with Crippen LogP contribution in [0.15, 0.2) is 50.4 Å². The van der Waals surface area contributed by atoms with Crippen LogP contribution in [0.5, 0.6) is 11.5 Å². The molecule has 23 heavy (non-hydrogen) atoms. The molecule has 0 aliphatic heterocycles. The summed E-state index contributed by atoms with van der Waals surface area (Å²) in [6.45, 7) is 0. The van der Waals surface area contributed by atoms with Crippen molar-refractivity contribution in [1.29, 1.82) is 0 Å². The number of hydrazone groups is 1. The summed E-state index contributed by atoms with van der Waals surface area (Å²) in [6.07, 6.45) is 1.58. The third-order valence-electron chi connectivity index (χ3n) is 2.96. The van der Waals surface area contributed by atoms with Gasteiger partial charge in [0.1, 0.15) is 0 Å². The molecule has 1 amide bonds. The Morgan fingerprint density at radius 2 is 1.96 bits per heavy atom. The number of amides is 1. The van der Waals surface area contributed by atoms with E-state index in [2.05, 4.69) is 42.4 Å². The van der Waals surface area contributed by atoms with E-state index in [1.165, 1.54) is 13.3 Å². The third kappa shape index (κ3) is 5.07. The molecule has 0 spiro atoms. The lowest BCUT2D eigenvalue weighted by molar-refractivity contribution is -0.120. The molecule has 2 N–H and O–H groups in total. The SMILES string of the molecule is COc1cc(Br)cc(/C=N/NC(=O)Cc2ccc(Br)cc2)c1O. The Bertz CT molecular complexity index is 731. The maximum absolute atomic E-state index is 11.8. The van der Waals surface area contributed by atoms with E-state index >= 15 is 0 Å². The van der Waals surface area contributed by atoms with E-state index < -0.39 is 0 Å². The number of rotatable bonds is 5. The average molecular weight is 442 g/mol. The molecule has 0 aliphatic carbocycles. The van der Waals surface area contributed by atoms with Gasteiger partial charge in [-0.3, -0.25) is 4.79 Å². The van der Waals surface area contributed by atoms with Crippen LogP contribution in [0.25, 0.3) is 0 Å². The maximum Gasteiger partial charge on any atom is 0.244 e. The first-order valence-electron chi connectivity index (χ1n) is 6.62. The number of ether oxygens (including phenoxy) is 1. The molecule has 2 rings (SSSR count). The lowest BCUT2D eigenvalue weighted by atomic mass is 10.1. The Balaban J connectivity index is 2.00. The molecule has 0 bridgehead atoms. The number of nitrogens with one attached hydrogen (secondary N) is 1. The van der Waals surface area contributed by atoms with Gasteiger partial charge in [0.25, 0.3) is 0 Å². The monoisotopic (exact) mass is 440 g/mol. The van der Waals surface area contributed by atoms with Crippen LogP contribution in [0.3, 0.4) is 0 Å². The van der Waals surface area contributed by atoms with Gasteiger partial charge in [-0.05, 0) is 29.8 Å². The Labute approximate surface area is 150 Å². The largest absolute Gasteiger partial charge is 0.504 e. The van der Waals surface area contributed by atoms with Crippen molar-refractivity contribution < 1.29 is 14.6 Å². The van der Waals surface area contributed by atoms with Gasteiger partial charge in [0.15, 0.2) is 11.5 Å². The topological polar surface area (TPSA) is 70.9 Å². The molecule has 0 fully saturated rings. The molecule has 0 heterocycles. The van der Waals surface area contributed by atoms with E-state index in [9.17, 15) is 9.90 Å². The molecule has 5 nitrogen and oxygen atoms in total. The van der Waals surface area contributed by atoms with Gasteiger partial charge in [-0.25, -0.2) is 5.43 Å². The molecule has 0 saturated heterocycles. The summed E-state index contributed by atoms with van der Waals surface area (Å²) in [5, 5.41) is 13.8. The van der Waals surface area contributed by atoms with Gasteiger partial charge >= 0.3 is 0 Å². The van der Waals surface area contributed by atoms with Crippen LogP contribution in [-0.4, -0.2) is 24.3 Å². The van der Waals surface area contributed by atoms with Crippen LogP contribution >= 0.6 is 31.9 Å². The van der Waals surface area contributed by atoms with Gasteiger partial charge in [0.05, 0.1) is 19.7 Å². The zero-order valence-corrected chi connectivity index (χ0v) is 15.4. The molecule has 0 atom stereocenters. The van der Waals surface area contributed by atoms with E-state index in [1.54, 1.807) is 12.1 Å². The third-order valence-corrected chi connectivity index (χ3v) is 3.95. The lowest BCUT2D eigenvalue weighted by Gasteiger charge is -2.06. The Morgan fingerprint density at radius 1 is 1.26 bits per heavy atom. The minimum absolute atomic E-state index is 0.0402. The number of methoxy groups -OCH3 is 1. The number of phenolic OH excluding ortho intramolecular Hbond substituents is 1. The molecule has 2 aromatic rings. The van der Waals surface area contributed by atoms with Crippen LogP contribution < -0.4 is 10.2 Å². The first-order valence-corrected chi connectivity index (χ1v) is 8.21. The summed E-state index contributed by atoms with van der Waals surface area (Å²) in [4.78, 5) is 11.8. The van der Waals surface area contributed by atoms with E-state index in [0.717, 1.165) is 14.5 Å². The summed E-state index contributed by atoms with van der Waals surface area (Å²) in [5.74, 6) is 0.0358. The highest BCUT2D eigenvalue weighted by Crippen LogP contribution is 2.32. The fraction of sp³-hybridized carbons (Fsp3) is 0.125. The number of hydrogen-bond acceptors (Lipinski definition) is 4. The number of phenols is 1. The van der Waals surface area contributed by atoms with Crippen molar-refractivity contribution in [2.75, 3.05) is 7.11 Å². The summed E-state index contributed by atoms with van der Waals surface area (Å²) >= 11 is 6.66. The maximum atomic E-state index is 11.8. The van der Waals surface area contributed by atoms with Crippen LogP contribution in [0, 0.1) is 0 Å². The molecule has 2 aromatic carbocycles.